The molecule has 0 spiro atoms. The van der Waals surface area contributed by atoms with Crippen LogP contribution in [0, 0.1) is 13.8 Å². The molecule has 2 heterocycles. The summed E-state index contributed by atoms with van der Waals surface area (Å²) in [7, 11) is 0. The Labute approximate surface area is 126 Å². The highest BCUT2D eigenvalue weighted by Gasteiger charge is 2.16. The van der Waals surface area contributed by atoms with E-state index in [4.69, 9.17) is 0 Å². The Bertz CT molecular complexity index is 559. The Morgan fingerprint density at radius 3 is 2.43 bits per heavy atom. The molecule has 0 fully saturated rings. The van der Waals surface area contributed by atoms with Crippen LogP contribution in [-0.2, 0) is 0 Å². The predicted molar refractivity (Wildman–Crippen MR) is 84.1 cm³/mol. The van der Waals surface area contributed by atoms with Gasteiger partial charge in [0, 0.05) is 30.3 Å². The van der Waals surface area contributed by atoms with Gasteiger partial charge in [-0.2, -0.15) is 0 Å². The fourth-order valence-electron chi connectivity index (χ4n) is 2.56. The molecule has 0 aliphatic rings. The molecule has 0 amide bonds. The highest BCUT2D eigenvalue weighted by atomic mass is 14.9. The SMILES string of the molecule is CCCNCC(C)c1c(C)nc(-c2cnccn2)nc1C. The number of nitrogens with one attached hydrogen (secondary N) is 1. The third-order valence-corrected chi connectivity index (χ3v) is 3.49. The van der Waals surface area contributed by atoms with E-state index in [2.05, 4.69) is 39.1 Å². The van der Waals surface area contributed by atoms with Crippen LogP contribution in [0.15, 0.2) is 18.6 Å². The van der Waals surface area contributed by atoms with E-state index in [-0.39, 0.29) is 0 Å². The summed E-state index contributed by atoms with van der Waals surface area (Å²) in [5.41, 5.74) is 3.99. The van der Waals surface area contributed by atoms with Crippen LogP contribution in [0.2, 0.25) is 0 Å². The molecular formula is C16H23N5. The van der Waals surface area contributed by atoms with Crippen molar-refractivity contribution < 1.29 is 0 Å². The molecule has 5 heteroatoms. The summed E-state index contributed by atoms with van der Waals surface area (Å²) in [4.78, 5) is 17.6. The van der Waals surface area contributed by atoms with Gasteiger partial charge in [-0.3, -0.25) is 4.98 Å². The zero-order valence-electron chi connectivity index (χ0n) is 13.2. The van der Waals surface area contributed by atoms with Crippen molar-refractivity contribution in [1.29, 1.82) is 0 Å². The van der Waals surface area contributed by atoms with E-state index in [0.717, 1.165) is 30.9 Å². The summed E-state index contributed by atoms with van der Waals surface area (Å²) in [6.07, 6.45) is 6.15. The van der Waals surface area contributed by atoms with E-state index < -0.39 is 0 Å². The Morgan fingerprint density at radius 1 is 1.14 bits per heavy atom. The zero-order valence-corrected chi connectivity index (χ0v) is 13.2. The molecule has 1 N–H and O–H groups in total. The van der Waals surface area contributed by atoms with Gasteiger partial charge in [-0.05, 0) is 38.3 Å². The first-order valence-electron chi connectivity index (χ1n) is 7.45. The van der Waals surface area contributed by atoms with Gasteiger partial charge in [-0.1, -0.05) is 13.8 Å². The number of hydrogen-bond donors (Lipinski definition) is 1. The van der Waals surface area contributed by atoms with Gasteiger partial charge in [-0.25, -0.2) is 15.0 Å². The summed E-state index contributed by atoms with van der Waals surface area (Å²) in [5.74, 6) is 1.04. The van der Waals surface area contributed by atoms with Crippen LogP contribution >= 0.6 is 0 Å². The standard InChI is InChI=1S/C16H23N5/c1-5-6-17-9-11(2)15-12(3)20-16(21-13(15)4)14-10-18-7-8-19-14/h7-8,10-11,17H,5-6,9H2,1-4H3. The molecule has 0 aliphatic carbocycles. The van der Waals surface area contributed by atoms with Gasteiger partial charge >= 0.3 is 0 Å². The first-order chi connectivity index (χ1) is 10.1. The van der Waals surface area contributed by atoms with Crippen LogP contribution in [0.25, 0.3) is 11.5 Å². The Hall–Kier alpha value is -1.88. The highest BCUT2D eigenvalue weighted by Crippen LogP contribution is 2.23. The molecule has 2 aromatic heterocycles. The lowest BCUT2D eigenvalue weighted by atomic mass is 9.98. The number of aromatic nitrogens is 4. The monoisotopic (exact) mass is 285 g/mol. The van der Waals surface area contributed by atoms with E-state index in [1.165, 1.54) is 5.56 Å². The maximum Gasteiger partial charge on any atom is 0.180 e. The predicted octanol–water partition coefficient (Wildman–Crippen LogP) is 2.65. The van der Waals surface area contributed by atoms with Crippen molar-refractivity contribution in [3.8, 4) is 11.5 Å². The number of hydrogen-bond acceptors (Lipinski definition) is 5. The minimum atomic E-state index is 0.396. The van der Waals surface area contributed by atoms with Gasteiger partial charge in [-0.15, -0.1) is 0 Å². The minimum absolute atomic E-state index is 0.396. The molecule has 0 radical (unpaired) electrons. The van der Waals surface area contributed by atoms with Crippen LogP contribution in [0.1, 0.15) is 43.1 Å². The van der Waals surface area contributed by atoms with Crippen molar-refractivity contribution in [1.82, 2.24) is 25.3 Å². The first-order valence-corrected chi connectivity index (χ1v) is 7.45. The van der Waals surface area contributed by atoms with Crippen LogP contribution in [-0.4, -0.2) is 33.0 Å². The normalized spacial score (nSPS) is 12.4. The van der Waals surface area contributed by atoms with E-state index >= 15 is 0 Å². The average Bonchev–Trinajstić information content (AvgIpc) is 2.47. The van der Waals surface area contributed by atoms with E-state index in [0.29, 0.717) is 17.4 Å². The molecule has 112 valence electrons. The summed E-state index contributed by atoms with van der Waals surface area (Å²) in [6.45, 7) is 10.5. The van der Waals surface area contributed by atoms with Crippen molar-refractivity contribution >= 4 is 0 Å². The van der Waals surface area contributed by atoms with Gasteiger partial charge in [0.05, 0.1) is 6.20 Å². The summed E-state index contributed by atoms with van der Waals surface area (Å²) >= 11 is 0. The van der Waals surface area contributed by atoms with Gasteiger partial charge in [0.1, 0.15) is 5.69 Å². The van der Waals surface area contributed by atoms with Crippen LogP contribution in [0.5, 0.6) is 0 Å². The van der Waals surface area contributed by atoms with E-state index in [1.807, 2.05) is 13.8 Å². The molecule has 2 aromatic rings. The topological polar surface area (TPSA) is 63.6 Å². The second kappa shape index (κ2) is 7.22. The minimum Gasteiger partial charge on any atom is -0.316 e. The molecule has 0 saturated heterocycles. The molecule has 1 unspecified atom stereocenters. The third-order valence-electron chi connectivity index (χ3n) is 3.49. The number of rotatable bonds is 6. The first kappa shape index (κ1) is 15.5. The lowest BCUT2D eigenvalue weighted by Gasteiger charge is -2.17. The Morgan fingerprint density at radius 2 is 1.86 bits per heavy atom. The molecule has 2 rings (SSSR count). The van der Waals surface area contributed by atoms with Crippen LogP contribution < -0.4 is 5.32 Å². The maximum absolute atomic E-state index is 4.61. The summed E-state index contributed by atoms with van der Waals surface area (Å²) in [5, 5.41) is 3.46. The molecule has 0 bridgehead atoms. The molecule has 0 aliphatic heterocycles. The Balaban J connectivity index is 2.25. The molecule has 0 aromatic carbocycles. The van der Waals surface area contributed by atoms with Gasteiger partial charge in [0.2, 0.25) is 0 Å². The maximum atomic E-state index is 4.61. The van der Waals surface area contributed by atoms with Crippen molar-refractivity contribution in [3.05, 3.63) is 35.5 Å². The largest absolute Gasteiger partial charge is 0.316 e. The van der Waals surface area contributed by atoms with Crippen molar-refractivity contribution in [3.63, 3.8) is 0 Å². The van der Waals surface area contributed by atoms with Gasteiger partial charge in [0.15, 0.2) is 5.82 Å². The molecule has 0 saturated carbocycles. The van der Waals surface area contributed by atoms with Crippen LogP contribution in [0.4, 0.5) is 0 Å². The third kappa shape index (κ3) is 3.82. The van der Waals surface area contributed by atoms with Gasteiger partial charge in [0.25, 0.3) is 0 Å². The average molecular weight is 285 g/mol. The lowest BCUT2D eigenvalue weighted by molar-refractivity contribution is 0.601. The second-order valence-corrected chi connectivity index (χ2v) is 5.33. The zero-order chi connectivity index (χ0) is 15.2. The van der Waals surface area contributed by atoms with Crippen molar-refractivity contribution in [2.45, 2.75) is 40.0 Å². The lowest BCUT2D eigenvalue weighted by Crippen LogP contribution is -2.22. The molecule has 5 nitrogen and oxygen atoms in total. The van der Waals surface area contributed by atoms with Gasteiger partial charge < -0.3 is 5.32 Å². The second-order valence-electron chi connectivity index (χ2n) is 5.33. The number of nitrogens with zero attached hydrogens (tertiary/aromatic N) is 4. The Kier molecular flexibility index (Phi) is 5.33. The van der Waals surface area contributed by atoms with Crippen molar-refractivity contribution in [2.24, 2.45) is 0 Å². The smallest absolute Gasteiger partial charge is 0.180 e. The van der Waals surface area contributed by atoms with Crippen molar-refractivity contribution in [2.75, 3.05) is 13.1 Å². The molecular weight excluding hydrogens is 262 g/mol. The van der Waals surface area contributed by atoms with E-state index in [1.54, 1.807) is 18.6 Å². The fourth-order valence-corrected chi connectivity index (χ4v) is 2.56. The van der Waals surface area contributed by atoms with E-state index in [9.17, 15) is 0 Å². The fraction of sp³-hybridized carbons (Fsp3) is 0.500. The summed E-state index contributed by atoms with van der Waals surface area (Å²) in [6, 6.07) is 0. The van der Waals surface area contributed by atoms with Crippen LogP contribution in [0.3, 0.4) is 0 Å². The molecule has 1 atom stereocenters. The molecule has 21 heavy (non-hydrogen) atoms. The number of aryl methyl sites for hydroxylation is 2. The highest BCUT2D eigenvalue weighted by molar-refractivity contribution is 5.49. The quantitative estimate of drug-likeness (QED) is 0.827. The summed E-state index contributed by atoms with van der Waals surface area (Å²) < 4.78 is 0.